The zero-order valence-corrected chi connectivity index (χ0v) is 15.6. The van der Waals surface area contributed by atoms with Crippen molar-refractivity contribution >= 4 is 29.3 Å². The zero-order valence-electron chi connectivity index (χ0n) is 14.8. The van der Waals surface area contributed by atoms with E-state index in [0.717, 1.165) is 11.3 Å². The van der Waals surface area contributed by atoms with E-state index in [1.165, 1.54) is 31.4 Å². The van der Waals surface area contributed by atoms with Crippen molar-refractivity contribution in [3.05, 3.63) is 43.3 Å². The van der Waals surface area contributed by atoms with Crippen LogP contribution >= 0.6 is 11.3 Å². The Morgan fingerprint density at radius 1 is 1.31 bits per heavy atom. The number of aromatic amines is 1. The van der Waals surface area contributed by atoms with E-state index in [1.54, 1.807) is 26.8 Å². The van der Waals surface area contributed by atoms with Crippen LogP contribution in [-0.4, -0.2) is 24.5 Å². The van der Waals surface area contributed by atoms with Crippen molar-refractivity contribution in [1.82, 2.24) is 4.98 Å². The molecular weight excluding hydrogens is 364 g/mol. The number of carbonyl (C=O) groups excluding carboxylic acids is 1. The molecule has 0 bridgehead atoms. The number of H-pyrrole nitrogens is 1. The molecule has 0 aliphatic heterocycles. The number of Topliss-reactive ketones (excluding diaryl/α,β-unsaturated/α-hetero) is 1. The van der Waals surface area contributed by atoms with E-state index in [4.69, 9.17) is 4.74 Å². The van der Waals surface area contributed by atoms with Crippen molar-refractivity contribution in [3.63, 3.8) is 0 Å². The first kappa shape index (κ1) is 19.8. The average Bonchev–Trinajstić information content (AvgIpc) is 2.87. The summed E-state index contributed by atoms with van der Waals surface area (Å²) in [7, 11) is 1.33. The van der Waals surface area contributed by atoms with Crippen LogP contribution in [0.25, 0.3) is 12.2 Å². The highest BCUT2D eigenvalue weighted by atomic mass is 32.1. The van der Waals surface area contributed by atoms with Crippen LogP contribution in [0, 0.1) is 5.41 Å². The summed E-state index contributed by atoms with van der Waals surface area (Å²) in [4.78, 5) is 26.8. The number of hydrogen-bond acceptors (Lipinski definition) is 5. The Morgan fingerprint density at radius 2 is 2.00 bits per heavy atom. The van der Waals surface area contributed by atoms with Crippen LogP contribution in [0.15, 0.2) is 23.0 Å². The zero-order chi connectivity index (χ0) is 19.5. The van der Waals surface area contributed by atoms with E-state index in [0.29, 0.717) is 4.66 Å². The topological polar surface area (TPSA) is 68.4 Å². The Labute approximate surface area is 152 Å². The molecule has 0 saturated heterocycles. The smallest absolute Gasteiger partial charge is 0.387 e. The summed E-state index contributed by atoms with van der Waals surface area (Å²) >= 11 is 1.06. The van der Waals surface area contributed by atoms with Crippen molar-refractivity contribution in [1.29, 1.82) is 0 Å². The lowest BCUT2D eigenvalue weighted by atomic mass is 9.91. The molecule has 1 aromatic carbocycles. The maximum absolute atomic E-state index is 12.7. The van der Waals surface area contributed by atoms with Crippen molar-refractivity contribution in [2.75, 3.05) is 7.11 Å². The molecule has 0 fully saturated rings. The predicted molar refractivity (Wildman–Crippen MR) is 96.3 cm³/mol. The molecule has 5 nitrogen and oxygen atoms in total. The fourth-order valence-corrected chi connectivity index (χ4v) is 2.90. The Kier molecular flexibility index (Phi) is 5.97. The molecule has 0 aliphatic carbocycles. The normalized spacial score (nSPS) is 13.3. The SMILES string of the molecule is COc1cccc(/C=c2\s/c(=C\C(=O)C(C)(C)C)[nH]c2=O)c1OC(F)F. The van der Waals surface area contributed by atoms with Crippen LogP contribution in [0.3, 0.4) is 0 Å². The molecule has 0 saturated carbocycles. The lowest BCUT2D eigenvalue weighted by molar-refractivity contribution is -0.120. The highest BCUT2D eigenvalue weighted by molar-refractivity contribution is 7.07. The van der Waals surface area contributed by atoms with Gasteiger partial charge in [-0.15, -0.1) is 11.3 Å². The number of ether oxygens (including phenoxy) is 2. The quantitative estimate of drug-likeness (QED) is 0.860. The van der Waals surface area contributed by atoms with E-state index in [1.807, 2.05) is 0 Å². The van der Waals surface area contributed by atoms with Gasteiger partial charge in [-0.05, 0) is 12.1 Å². The van der Waals surface area contributed by atoms with Crippen LogP contribution in [0.4, 0.5) is 8.78 Å². The van der Waals surface area contributed by atoms with Gasteiger partial charge in [-0.2, -0.15) is 8.78 Å². The highest BCUT2D eigenvalue weighted by Crippen LogP contribution is 2.32. The molecule has 0 atom stereocenters. The molecular formula is C18H19F2NO4S. The summed E-state index contributed by atoms with van der Waals surface area (Å²) in [5, 5.41) is 0. The number of hydrogen-bond donors (Lipinski definition) is 1. The monoisotopic (exact) mass is 383 g/mol. The number of methoxy groups -OCH3 is 1. The first-order valence-electron chi connectivity index (χ1n) is 7.70. The van der Waals surface area contributed by atoms with E-state index >= 15 is 0 Å². The second kappa shape index (κ2) is 7.82. The number of carbonyl (C=O) groups is 1. The van der Waals surface area contributed by atoms with Gasteiger partial charge >= 0.3 is 6.61 Å². The van der Waals surface area contributed by atoms with E-state index in [-0.39, 0.29) is 27.4 Å². The number of benzene rings is 1. The third-order valence-electron chi connectivity index (χ3n) is 3.40. The number of nitrogens with one attached hydrogen (secondary N) is 1. The number of halogens is 2. The number of thiazole rings is 1. The molecule has 0 aliphatic rings. The first-order valence-corrected chi connectivity index (χ1v) is 8.52. The van der Waals surface area contributed by atoms with Crippen LogP contribution < -0.4 is 24.2 Å². The van der Waals surface area contributed by atoms with Crippen molar-refractivity contribution in [2.45, 2.75) is 27.4 Å². The van der Waals surface area contributed by atoms with Crippen LogP contribution in [-0.2, 0) is 4.79 Å². The second-order valence-electron chi connectivity index (χ2n) is 6.44. The Balaban J connectivity index is 2.57. The average molecular weight is 383 g/mol. The van der Waals surface area contributed by atoms with Crippen molar-refractivity contribution in [2.24, 2.45) is 5.41 Å². The van der Waals surface area contributed by atoms with Gasteiger partial charge in [-0.3, -0.25) is 9.59 Å². The molecule has 0 spiro atoms. The van der Waals surface area contributed by atoms with E-state index in [2.05, 4.69) is 9.72 Å². The molecule has 0 unspecified atom stereocenters. The van der Waals surface area contributed by atoms with E-state index < -0.39 is 17.6 Å². The number of alkyl halides is 2. The minimum Gasteiger partial charge on any atom is -0.493 e. The molecule has 0 amide bonds. The van der Waals surface area contributed by atoms with Gasteiger partial charge in [0.05, 0.1) is 16.3 Å². The fraction of sp³-hybridized carbons (Fsp3) is 0.333. The number of para-hydroxylation sites is 1. The molecule has 2 aromatic rings. The van der Waals surface area contributed by atoms with Gasteiger partial charge in [0.25, 0.3) is 5.56 Å². The molecule has 1 aromatic heterocycles. The fourth-order valence-electron chi connectivity index (χ4n) is 2.02. The van der Waals surface area contributed by atoms with Gasteiger partial charge < -0.3 is 14.5 Å². The molecule has 2 rings (SSSR count). The first-order chi connectivity index (χ1) is 12.1. The molecule has 1 N–H and O–H groups in total. The van der Waals surface area contributed by atoms with Crippen LogP contribution in [0.2, 0.25) is 0 Å². The van der Waals surface area contributed by atoms with Gasteiger partial charge in [0, 0.05) is 17.1 Å². The third-order valence-corrected chi connectivity index (χ3v) is 4.37. The van der Waals surface area contributed by atoms with Gasteiger partial charge in [0.15, 0.2) is 17.3 Å². The summed E-state index contributed by atoms with van der Waals surface area (Å²) in [6.45, 7) is 2.28. The lowest BCUT2D eigenvalue weighted by Crippen LogP contribution is -2.22. The second-order valence-corrected chi connectivity index (χ2v) is 7.53. The summed E-state index contributed by atoms with van der Waals surface area (Å²) in [5.74, 6) is -0.166. The summed E-state index contributed by atoms with van der Waals surface area (Å²) in [5.41, 5.74) is -0.727. The Morgan fingerprint density at radius 3 is 2.58 bits per heavy atom. The van der Waals surface area contributed by atoms with Crippen LogP contribution in [0.1, 0.15) is 26.3 Å². The van der Waals surface area contributed by atoms with Crippen molar-refractivity contribution in [3.8, 4) is 11.5 Å². The minimum absolute atomic E-state index is 0.127. The van der Waals surface area contributed by atoms with Gasteiger partial charge in [-0.1, -0.05) is 32.9 Å². The van der Waals surface area contributed by atoms with Crippen LogP contribution in [0.5, 0.6) is 11.5 Å². The third kappa shape index (κ3) is 4.78. The summed E-state index contributed by atoms with van der Waals surface area (Å²) in [6, 6.07) is 4.61. The molecule has 1 heterocycles. The summed E-state index contributed by atoms with van der Waals surface area (Å²) in [6.07, 6.45) is 2.79. The van der Waals surface area contributed by atoms with Crippen molar-refractivity contribution < 1.29 is 23.0 Å². The maximum atomic E-state index is 12.7. The van der Waals surface area contributed by atoms with E-state index in [9.17, 15) is 18.4 Å². The molecule has 140 valence electrons. The number of ketones is 1. The van der Waals surface area contributed by atoms with Gasteiger partial charge in [0.1, 0.15) is 0 Å². The Bertz CT molecular complexity index is 970. The Hall–Kier alpha value is -2.48. The largest absolute Gasteiger partial charge is 0.493 e. The van der Waals surface area contributed by atoms with Gasteiger partial charge in [0.2, 0.25) is 0 Å². The predicted octanol–water partition coefficient (Wildman–Crippen LogP) is 2.27. The van der Waals surface area contributed by atoms with Gasteiger partial charge in [-0.25, -0.2) is 0 Å². The summed E-state index contributed by atoms with van der Waals surface area (Å²) < 4.78 is 35.6. The highest BCUT2D eigenvalue weighted by Gasteiger charge is 2.19. The number of rotatable bonds is 5. The minimum atomic E-state index is -3.03. The maximum Gasteiger partial charge on any atom is 0.387 e. The molecule has 26 heavy (non-hydrogen) atoms. The standard InChI is InChI=1S/C18H19F2NO4S/c1-18(2,3)13(22)9-14-21-16(23)12(26-14)8-10-6-5-7-11(24-4)15(10)25-17(19)20/h5-9,17H,1-4H3,(H,21,23)/b12-8-,14-9-. The molecule has 8 heteroatoms. The molecule has 0 radical (unpaired) electrons. The number of aromatic nitrogens is 1. The lowest BCUT2D eigenvalue weighted by Gasteiger charge is -2.12.